The molecule has 1 amide bonds. The van der Waals surface area contributed by atoms with Crippen molar-refractivity contribution in [2.75, 3.05) is 18.9 Å². The number of rotatable bonds is 8. The van der Waals surface area contributed by atoms with E-state index in [2.05, 4.69) is 10.1 Å². The van der Waals surface area contributed by atoms with Crippen molar-refractivity contribution in [2.45, 2.75) is 13.2 Å². The Morgan fingerprint density at radius 2 is 1.88 bits per heavy atom. The van der Waals surface area contributed by atoms with E-state index in [9.17, 15) is 23.7 Å². The van der Waals surface area contributed by atoms with E-state index in [-0.39, 0.29) is 23.7 Å². The lowest BCUT2D eigenvalue weighted by Gasteiger charge is -2.16. The fourth-order valence-electron chi connectivity index (χ4n) is 2.32. The minimum absolute atomic E-state index is 0.00132. The number of para-hydroxylation sites is 2. The number of nitrogens with one attached hydrogen (secondary N) is 1. The van der Waals surface area contributed by atoms with E-state index >= 15 is 0 Å². The van der Waals surface area contributed by atoms with E-state index in [1.807, 2.05) is 0 Å². The maximum Gasteiger partial charge on any atom is 0.387 e. The molecule has 0 unspecified atom stereocenters. The number of benzene rings is 2. The van der Waals surface area contributed by atoms with Gasteiger partial charge in [0.1, 0.15) is 11.4 Å². The third kappa shape index (κ3) is 5.78. The van der Waals surface area contributed by atoms with Crippen LogP contribution in [0.3, 0.4) is 0 Å². The van der Waals surface area contributed by atoms with Gasteiger partial charge in [0.15, 0.2) is 0 Å². The Kier molecular flexibility index (Phi) is 6.56. The molecule has 0 heterocycles. The zero-order chi connectivity index (χ0) is 19.1. The number of carbonyl (C=O) groups is 1. The predicted octanol–water partition coefficient (Wildman–Crippen LogP) is 3.27. The summed E-state index contributed by atoms with van der Waals surface area (Å²) in [6.07, 6.45) is 0. The lowest BCUT2D eigenvalue weighted by atomic mass is 10.2. The number of nitrogens with zero attached hydrogens (tertiary/aromatic N) is 2. The van der Waals surface area contributed by atoms with Gasteiger partial charge >= 0.3 is 6.61 Å². The minimum atomic E-state index is -2.88. The van der Waals surface area contributed by atoms with Gasteiger partial charge < -0.3 is 10.1 Å². The normalized spacial score (nSPS) is 10.8. The molecule has 2 aromatic rings. The lowest BCUT2D eigenvalue weighted by Crippen LogP contribution is -2.30. The number of nitro groups is 1. The highest BCUT2D eigenvalue weighted by Crippen LogP contribution is 2.23. The Morgan fingerprint density at radius 3 is 2.50 bits per heavy atom. The number of likely N-dealkylation sites (N-methyl/N-ethyl adjacent to an activating group) is 1. The average molecular weight is 365 g/mol. The van der Waals surface area contributed by atoms with Crippen LogP contribution in [0, 0.1) is 10.1 Å². The van der Waals surface area contributed by atoms with Crippen molar-refractivity contribution < 1.29 is 23.2 Å². The molecule has 0 atom stereocenters. The maximum atomic E-state index is 12.1. The number of carbonyl (C=O) groups excluding carboxylic acids is 1. The van der Waals surface area contributed by atoms with Gasteiger partial charge in [0, 0.05) is 12.6 Å². The van der Waals surface area contributed by atoms with Gasteiger partial charge in [-0.2, -0.15) is 8.78 Å². The van der Waals surface area contributed by atoms with Crippen molar-refractivity contribution in [3.05, 3.63) is 64.2 Å². The van der Waals surface area contributed by atoms with E-state index < -0.39 is 17.4 Å². The Balaban J connectivity index is 1.90. The molecule has 26 heavy (non-hydrogen) atoms. The van der Waals surface area contributed by atoms with Crippen molar-refractivity contribution in [3.8, 4) is 5.75 Å². The van der Waals surface area contributed by atoms with E-state index in [0.29, 0.717) is 6.54 Å². The number of nitro benzene ring substituents is 1. The summed E-state index contributed by atoms with van der Waals surface area (Å²) in [5.74, 6) is -0.347. The fraction of sp³-hybridized carbons (Fsp3) is 0.235. The summed E-state index contributed by atoms with van der Waals surface area (Å²) in [6, 6.07) is 11.9. The molecule has 0 fully saturated rings. The molecule has 0 aliphatic carbocycles. The second-order valence-corrected chi connectivity index (χ2v) is 5.52. The number of hydrogen-bond donors (Lipinski definition) is 1. The van der Waals surface area contributed by atoms with E-state index in [4.69, 9.17) is 0 Å². The van der Waals surface area contributed by atoms with Crippen molar-refractivity contribution in [3.63, 3.8) is 0 Å². The van der Waals surface area contributed by atoms with Crippen LogP contribution in [0.5, 0.6) is 5.75 Å². The molecule has 0 aromatic heterocycles. The molecule has 0 aliphatic heterocycles. The van der Waals surface area contributed by atoms with Gasteiger partial charge in [-0.05, 0) is 30.8 Å². The van der Waals surface area contributed by atoms with Crippen molar-refractivity contribution in [1.82, 2.24) is 4.90 Å². The van der Waals surface area contributed by atoms with Gasteiger partial charge in [-0.1, -0.05) is 24.3 Å². The summed E-state index contributed by atoms with van der Waals surface area (Å²) in [7, 11) is 1.70. The molecule has 0 radical (unpaired) electrons. The van der Waals surface area contributed by atoms with Crippen molar-refractivity contribution in [2.24, 2.45) is 0 Å². The van der Waals surface area contributed by atoms with Gasteiger partial charge in [0.2, 0.25) is 5.91 Å². The van der Waals surface area contributed by atoms with Crippen LogP contribution in [0.2, 0.25) is 0 Å². The predicted molar refractivity (Wildman–Crippen MR) is 91.1 cm³/mol. The SMILES string of the molecule is CN(CC(=O)Nc1ccccc1[N+](=O)[O-])Cc1ccc(OC(F)F)cc1. The average Bonchev–Trinajstić information content (AvgIpc) is 2.56. The topological polar surface area (TPSA) is 84.7 Å². The first-order valence-electron chi connectivity index (χ1n) is 7.60. The van der Waals surface area contributed by atoms with Crippen molar-refractivity contribution >= 4 is 17.3 Å². The molecule has 9 heteroatoms. The number of halogens is 2. The van der Waals surface area contributed by atoms with Crippen LogP contribution in [0.25, 0.3) is 0 Å². The van der Waals surface area contributed by atoms with Crippen molar-refractivity contribution in [1.29, 1.82) is 0 Å². The molecule has 0 bridgehead atoms. The Bertz CT molecular complexity index is 769. The molecule has 2 rings (SSSR count). The monoisotopic (exact) mass is 365 g/mol. The summed E-state index contributed by atoms with van der Waals surface area (Å²) in [6.45, 7) is -2.49. The summed E-state index contributed by atoms with van der Waals surface area (Å²) in [5.41, 5.74) is 0.745. The number of anilines is 1. The molecular formula is C17H17F2N3O4. The van der Waals surface area contributed by atoms with Gasteiger partial charge in [-0.3, -0.25) is 19.8 Å². The highest BCUT2D eigenvalue weighted by molar-refractivity contribution is 5.94. The Hall–Kier alpha value is -3.07. The molecule has 2 aromatic carbocycles. The van der Waals surface area contributed by atoms with Crippen LogP contribution in [-0.2, 0) is 11.3 Å². The standard InChI is InChI=1S/C17H17F2N3O4/c1-21(10-12-6-8-13(9-7-12)26-17(18)19)11-16(23)20-14-4-2-3-5-15(14)22(24)25/h2-9,17H,10-11H2,1H3,(H,20,23). The summed E-state index contributed by atoms with van der Waals surface area (Å²) in [5, 5.41) is 13.5. The van der Waals surface area contributed by atoms with Gasteiger partial charge in [-0.15, -0.1) is 0 Å². The van der Waals surface area contributed by atoms with E-state index in [0.717, 1.165) is 5.56 Å². The van der Waals surface area contributed by atoms with Crippen LogP contribution in [0.4, 0.5) is 20.2 Å². The third-order valence-electron chi connectivity index (χ3n) is 3.39. The van der Waals surface area contributed by atoms with Crippen LogP contribution < -0.4 is 10.1 Å². The molecule has 0 aliphatic rings. The number of amides is 1. The number of hydrogen-bond acceptors (Lipinski definition) is 5. The van der Waals surface area contributed by atoms with Gasteiger partial charge in [-0.25, -0.2) is 0 Å². The second kappa shape index (κ2) is 8.86. The van der Waals surface area contributed by atoms with Crippen LogP contribution in [0.15, 0.2) is 48.5 Å². The maximum absolute atomic E-state index is 12.1. The lowest BCUT2D eigenvalue weighted by molar-refractivity contribution is -0.383. The third-order valence-corrected chi connectivity index (χ3v) is 3.39. The molecule has 0 saturated carbocycles. The fourth-order valence-corrected chi connectivity index (χ4v) is 2.32. The zero-order valence-electron chi connectivity index (χ0n) is 13.9. The van der Waals surface area contributed by atoms with E-state index in [1.165, 1.54) is 30.3 Å². The zero-order valence-corrected chi connectivity index (χ0v) is 13.9. The first-order valence-corrected chi connectivity index (χ1v) is 7.60. The van der Waals surface area contributed by atoms with Crippen LogP contribution in [-0.4, -0.2) is 35.9 Å². The summed E-state index contributed by atoms with van der Waals surface area (Å²) < 4.78 is 28.5. The van der Waals surface area contributed by atoms with Gasteiger partial charge in [0.25, 0.3) is 5.69 Å². The molecular weight excluding hydrogens is 348 g/mol. The highest BCUT2D eigenvalue weighted by Gasteiger charge is 2.15. The van der Waals surface area contributed by atoms with Crippen LogP contribution in [0.1, 0.15) is 5.56 Å². The highest BCUT2D eigenvalue weighted by atomic mass is 19.3. The molecule has 138 valence electrons. The Morgan fingerprint density at radius 1 is 1.23 bits per heavy atom. The van der Waals surface area contributed by atoms with E-state index in [1.54, 1.807) is 30.1 Å². The molecule has 1 N–H and O–H groups in total. The van der Waals surface area contributed by atoms with Gasteiger partial charge in [0.05, 0.1) is 11.5 Å². The first kappa shape index (κ1) is 19.3. The second-order valence-electron chi connectivity index (χ2n) is 5.52. The number of alkyl halides is 2. The number of ether oxygens (including phenoxy) is 1. The smallest absolute Gasteiger partial charge is 0.387 e. The quantitative estimate of drug-likeness (QED) is 0.573. The largest absolute Gasteiger partial charge is 0.435 e. The summed E-state index contributed by atoms with van der Waals surface area (Å²) >= 11 is 0. The first-order chi connectivity index (χ1) is 12.3. The molecule has 7 nitrogen and oxygen atoms in total. The Labute approximate surface area is 148 Å². The molecule has 0 spiro atoms. The van der Waals surface area contributed by atoms with Crippen LogP contribution >= 0.6 is 0 Å². The molecule has 0 saturated heterocycles. The summed E-state index contributed by atoms with van der Waals surface area (Å²) in [4.78, 5) is 24.2. The minimum Gasteiger partial charge on any atom is -0.435 e.